The number of hydrogen-bond acceptors (Lipinski definition) is 5. The molecule has 3 fully saturated rings. The smallest absolute Gasteiger partial charge is 0.331 e. The van der Waals surface area contributed by atoms with Crippen LogP contribution in [0.25, 0.3) is 0 Å². The SMILES string of the molecule is COC(=O)[C@H]1N2C(=O)[C@@H](OCc3ccccc3)[C@@H]2[C@]2(C)CCCCC[C@]12O. The van der Waals surface area contributed by atoms with Crippen molar-refractivity contribution in [3.8, 4) is 0 Å². The summed E-state index contributed by atoms with van der Waals surface area (Å²) in [5.41, 5.74) is -0.869. The van der Waals surface area contributed by atoms with E-state index in [2.05, 4.69) is 0 Å². The first-order valence-electron chi connectivity index (χ1n) is 9.72. The zero-order valence-electron chi connectivity index (χ0n) is 15.9. The van der Waals surface area contributed by atoms with Crippen molar-refractivity contribution in [2.24, 2.45) is 5.41 Å². The number of benzene rings is 1. The van der Waals surface area contributed by atoms with Gasteiger partial charge in [0, 0.05) is 5.41 Å². The molecule has 1 saturated carbocycles. The van der Waals surface area contributed by atoms with Crippen LogP contribution in [0.15, 0.2) is 30.3 Å². The number of aliphatic hydroxyl groups is 1. The second kappa shape index (κ2) is 6.60. The standard InChI is InChI=1S/C21H27NO5/c1-20-11-7-4-8-12-21(20,25)17(19(24)26-2)22-16(20)15(18(22)23)27-13-14-9-5-3-6-10-14/h3,5-6,9-10,15-17,25H,4,7-8,11-13H2,1-2H3/t15-,16+,17+,20-,21-/m0/s1. The van der Waals surface area contributed by atoms with Gasteiger partial charge in [-0.1, -0.05) is 56.5 Å². The summed E-state index contributed by atoms with van der Waals surface area (Å²) in [6, 6.07) is 8.46. The van der Waals surface area contributed by atoms with Gasteiger partial charge < -0.3 is 19.5 Å². The van der Waals surface area contributed by atoms with Crippen molar-refractivity contribution < 1.29 is 24.2 Å². The topological polar surface area (TPSA) is 76.1 Å². The van der Waals surface area contributed by atoms with Crippen molar-refractivity contribution in [2.75, 3.05) is 7.11 Å². The molecule has 6 nitrogen and oxygen atoms in total. The second-order valence-electron chi connectivity index (χ2n) is 8.24. The Bertz CT molecular complexity index is 737. The van der Waals surface area contributed by atoms with Gasteiger partial charge in [0.05, 0.1) is 19.8 Å². The third kappa shape index (κ3) is 2.53. The van der Waals surface area contributed by atoms with E-state index in [4.69, 9.17) is 9.47 Å². The van der Waals surface area contributed by atoms with Crippen LogP contribution < -0.4 is 0 Å². The van der Waals surface area contributed by atoms with Crippen molar-refractivity contribution in [3.05, 3.63) is 35.9 Å². The number of carbonyl (C=O) groups is 2. The first kappa shape index (κ1) is 18.4. The average molecular weight is 373 g/mol. The minimum absolute atomic E-state index is 0.228. The molecule has 0 unspecified atom stereocenters. The quantitative estimate of drug-likeness (QED) is 0.646. The van der Waals surface area contributed by atoms with Crippen LogP contribution in [0, 0.1) is 5.41 Å². The van der Waals surface area contributed by atoms with Crippen LogP contribution >= 0.6 is 0 Å². The highest BCUT2D eigenvalue weighted by Gasteiger charge is 2.76. The summed E-state index contributed by atoms with van der Waals surface area (Å²) >= 11 is 0. The molecule has 6 heteroatoms. The summed E-state index contributed by atoms with van der Waals surface area (Å²) in [6.07, 6.45) is 3.45. The van der Waals surface area contributed by atoms with Gasteiger partial charge >= 0.3 is 5.97 Å². The predicted molar refractivity (Wildman–Crippen MR) is 97.6 cm³/mol. The van der Waals surface area contributed by atoms with Crippen LogP contribution in [0.2, 0.25) is 0 Å². The molecule has 1 aromatic carbocycles. The number of amides is 1. The lowest BCUT2D eigenvalue weighted by molar-refractivity contribution is -0.185. The minimum atomic E-state index is -1.28. The van der Waals surface area contributed by atoms with E-state index in [-0.39, 0.29) is 11.9 Å². The number of β-lactam (4-membered cyclic amide) rings is 1. The van der Waals surface area contributed by atoms with E-state index in [1.807, 2.05) is 37.3 Å². The van der Waals surface area contributed by atoms with Crippen molar-refractivity contribution in [1.82, 2.24) is 4.90 Å². The van der Waals surface area contributed by atoms with E-state index in [9.17, 15) is 14.7 Å². The van der Waals surface area contributed by atoms with Crippen molar-refractivity contribution >= 4 is 11.9 Å². The largest absolute Gasteiger partial charge is 0.467 e. The lowest BCUT2D eigenvalue weighted by Gasteiger charge is -2.49. The third-order valence-electron chi connectivity index (χ3n) is 6.91. The molecule has 1 aliphatic carbocycles. The van der Waals surface area contributed by atoms with Gasteiger partial charge in [0.2, 0.25) is 0 Å². The second-order valence-corrected chi connectivity index (χ2v) is 8.24. The molecular weight excluding hydrogens is 346 g/mol. The maximum Gasteiger partial charge on any atom is 0.331 e. The average Bonchev–Trinajstić information content (AvgIpc) is 2.74. The predicted octanol–water partition coefficient (Wildman–Crippen LogP) is 2.04. The molecule has 2 aliphatic heterocycles. The summed E-state index contributed by atoms with van der Waals surface area (Å²) in [5, 5.41) is 11.7. The molecule has 0 radical (unpaired) electrons. The summed E-state index contributed by atoms with van der Waals surface area (Å²) in [6.45, 7) is 2.34. The van der Waals surface area contributed by atoms with E-state index < -0.39 is 29.1 Å². The van der Waals surface area contributed by atoms with Crippen LogP contribution in [0.3, 0.4) is 0 Å². The number of ether oxygens (including phenoxy) is 2. The monoisotopic (exact) mass is 373 g/mol. The highest BCUT2D eigenvalue weighted by molar-refractivity contribution is 5.95. The summed E-state index contributed by atoms with van der Waals surface area (Å²) in [7, 11) is 1.31. The fraction of sp³-hybridized carbons (Fsp3) is 0.619. The van der Waals surface area contributed by atoms with Gasteiger partial charge in [-0.25, -0.2) is 4.79 Å². The molecule has 1 aromatic rings. The first-order chi connectivity index (χ1) is 12.9. The Balaban J connectivity index is 1.64. The normalized spacial score (nSPS) is 37.8. The number of nitrogens with zero attached hydrogens (tertiary/aromatic N) is 1. The summed E-state index contributed by atoms with van der Waals surface area (Å²) in [4.78, 5) is 27.0. The molecule has 146 valence electrons. The Morgan fingerprint density at radius 3 is 2.63 bits per heavy atom. The number of rotatable bonds is 4. The van der Waals surface area contributed by atoms with Crippen LogP contribution in [-0.4, -0.2) is 52.8 Å². The van der Waals surface area contributed by atoms with Gasteiger partial charge in [-0.15, -0.1) is 0 Å². The van der Waals surface area contributed by atoms with Gasteiger partial charge in [-0.3, -0.25) is 4.79 Å². The summed E-state index contributed by atoms with van der Waals surface area (Å²) < 4.78 is 11.0. The van der Waals surface area contributed by atoms with E-state index in [0.717, 1.165) is 31.2 Å². The molecule has 0 spiro atoms. The Labute approximate surface area is 159 Å². The Hall–Kier alpha value is -1.92. The van der Waals surface area contributed by atoms with E-state index in [1.165, 1.54) is 12.0 Å². The number of esters is 1. The van der Waals surface area contributed by atoms with E-state index in [0.29, 0.717) is 13.0 Å². The fourth-order valence-corrected chi connectivity index (χ4v) is 5.40. The van der Waals surface area contributed by atoms with Crippen molar-refractivity contribution in [3.63, 3.8) is 0 Å². The third-order valence-corrected chi connectivity index (χ3v) is 6.91. The molecule has 1 amide bonds. The maximum atomic E-state index is 12.9. The lowest BCUT2D eigenvalue weighted by atomic mass is 9.64. The lowest BCUT2D eigenvalue weighted by Crippen LogP contribution is -2.68. The minimum Gasteiger partial charge on any atom is -0.467 e. The van der Waals surface area contributed by atoms with E-state index >= 15 is 0 Å². The molecular formula is C21H27NO5. The molecule has 0 aromatic heterocycles. The van der Waals surface area contributed by atoms with Gasteiger partial charge in [0.25, 0.3) is 5.91 Å². The van der Waals surface area contributed by atoms with E-state index in [1.54, 1.807) is 0 Å². The van der Waals surface area contributed by atoms with Gasteiger partial charge in [-0.2, -0.15) is 0 Å². The van der Waals surface area contributed by atoms with Crippen LogP contribution in [-0.2, 0) is 25.7 Å². The van der Waals surface area contributed by atoms with Gasteiger partial charge in [0.15, 0.2) is 12.1 Å². The Morgan fingerprint density at radius 1 is 1.22 bits per heavy atom. The highest BCUT2D eigenvalue weighted by Crippen LogP contribution is 2.60. The molecule has 1 N–H and O–H groups in total. The molecule has 5 atom stereocenters. The zero-order chi connectivity index (χ0) is 19.2. The molecule has 0 bridgehead atoms. The maximum absolute atomic E-state index is 12.9. The summed E-state index contributed by atoms with van der Waals surface area (Å²) in [5.74, 6) is -0.767. The number of methoxy groups -OCH3 is 1. The number of fused-ring (bicyclic) bond motifs is 3. The van der Waals surface area contributed by atoms with Crippen LogP contribution in [0.5, 0.6) is 0 Å². The van der Waals surface area contributed by atoms with Crippen LogP contribution in [0.4, 0.5) is 0 Å². The number of carbonyl (C=O) groups excluding carboxylic acids is 2. The van der Waals surface area contributed by atoms with Crippen LogP contribution in [0.1, 0.15) is 44.6 Å². The zero-order valence-corrected chi connectivity index (χ0v) is 15.9. The van der Waals surface area contributed by atoms with Crippen molar-refractivity contribution in [1.29, 1.82) is 0 Å². The molecule has 2 heterocycles. The molecule has 3 aliphatic rings. The number of hydrogen-bond donors (Lipinski definition) is 1. The van der Waals surface area contributed by atoms with Gasteiger partial charge in [0.1, 0.15) is 5.60 Å². The van der Waals surface area contributed by atoms with Gasteiger partial charge in [-0.05, 0) is 18.4 Å². The molecule has 2 saturated heterocycles. The highest BCUT2D eigenvalue weighted by atomic mass is 16.5. The molecule has 27 heavy (non-hydrogen) atoms. The Kier molecular flexibility index (Phi) is 4.51. The molecule has 4 rings (SSSR count). The Morgan fingerprint density at radius 2 is 1.93 bits per heavy atom. The fourth-order valence-electron chi connectivity index (χ4n) is 5.40. The van der Waals surface area contributed by atoms with Crippen molar-refractivity contribution in [2.45, 2.75) is 69.4 Å². The first-order valence-corrected chi connectivity index (χ1v) is 9.72.